The van der Waals surface area contributed by atoms with E-state index in [0.29, 0.717) is 6.42 Å². The second kappa shape index (κ2) is 4.12. The lowest BCUT2D eigenvalue weighted by Gasteiger charge is -2.31. The summed E-state index contributed by atoms with van der Waals surface area (Å²) in [6, 6.07) is 9.98. The van der Waals surface area contributed by atoms with Crippen LogP contribution in [0.15, 0.2) is 42.1 Å². The maximum absolute atomic E-state index is 11.4. The van der Waals surface area contributed by atoms with Gasteiger partial charge in [-0.15, -0.1) is 0 Å². The maximum Gasteiger partial charge on any atom is 0.157 e. The first-order chi connectivity index (χ1) is 7.58. The largest absolute Gasteiger partial charge is 0.358 e. The number of carbonyl (C=O) groups excluding carboxylic acids is 1. The average Bonchev–Trinajstić information content (AvgIpc) is 2.26. The van der Waals surface area contributed by atoms with Crippen molar-refractivity contribution in [3.8, 4) is 0 Å². The van der Waals surface area contributed by atoms with Crippen molar-refractivity contribution in [2.75, 3.05) is 5.32 Å². The first-order valence-corrected chi connectivity index (χ1v) is 5.65. The molecule has 1 aliphatic carbocycles. The lowest BCUT2D eigenvalue weighted by Crippen LogP contribution is -2.26. The van der Waals surface area contributed by atoms with E-state index < -0.39 is 0 Å². The van der Waals surface area contributed by atoms with Crippen LogP contribution in [0, 0.1) is 5.41 Å². The summed E-state index contributed by atoms with van der Waals surface area (Å²) >= 11 is 0. The van der Waals surface area contributed by atoms with Crippen molar-refractivity contribution in [1.82, 2.24) is 0 Å². The van der Waals surface area contributed by atoms with Crippen LogP contribution in [0.1, 0.15) is 26.7 Å². The van der Waals surface area contributed by atoms with Crippen LogP contribution in [0.4, 0.5) is 5.69 Å². The Kier molecular flexibility index (Phi) is 2.82. The van der Waals surface area contributed by atoms with Crippen LogP contribution in [-0.4, -0.2) is 5.78 Å². The Morgan fingerprint density at radius 3 is 2.56 bits per heavy atom. The zero-order chi connectivity index (χ0) is 11.6. The average molecular weight is 215 g/mol. The standard InChI is InChI=1S/C14H17NO/c1-14(2)9-8-12(16)10-13(14)15-11-6-4-3-5-7-11/h3-7,10,15H,8-9H2,1-2H3. The molecule has 1 aliphatic rings. The molecule has 0 spiro atoms. The van der Waals surface area contributed by atoms with Gasteiger partial charge in [0.15, 0.2) is 5.78 Å². The van der Waals surface area contributed by atoms with Gasteiger partial charge < -0.3 is 5.32 Å². The minimum Gasteiger partial charge on any atom is -0.358 e. The summed E-state index contributed by atoms with van der Waals surface area (Å²) < 4.78 is 0. The van der Waals surface area contributed by atoms with E-state index >= 15 is 0 Å². The number of hydrogen-bond donors (Lipinski definition) is 1. The summed E-state index contributed by atoms with van der Waals surface area (Å²) in [5.41, 5.74) is 2.12. The van der Waals surface area contributed by atoms with E-state index in [-0.39, 0.29) is 11.2 Å². The van der Waals surface area contributed by atoms with E-state index in [0.717, 1.165) is 17.8 Å². The van der Waals surface area contributed by atoms with Gasteiger partial charge in [0.05, 0.1) is 0 Å². The molecule has 0 aliphatic heterocycles. The minimum absolute atomic E-state index is 0.0593. The molecule has 0 radical (unpaired) electrons. The van der Waals surface area contributed by atoms with Gasteiger partial charge >= 0.3 is 0 Å². The molecule has 84 valence electrons. The quantitative estimate of drug-likeness (QED) is 0.819. The summed E-state index contributed by atoms with van der Waals surface area (Å²) in [6.45, 7) is 4.34. The van der Waals surface area contributed by atoms with Crippen LogP contribution < -0.4 is 5.32 Å². The van der Waals surface area contributed by atoms with Crippen molar-refractivity contribution < 1.29 is 4.79 Å². The van der Waals surface area contributed by atoms with Gasteiger partial charge in [0.1, 0.15) is 0 Å². The molecule has 0 heterocycles. The van der Waals surface area contributed by atoms with E-state index in [1.54, 1.807) is 6.08 Å². The van der Waals surface area contributed by atoms with Crippen molar-refractivity contribution in [2.45, 2.75) is 26.7 Å². The summed E-state index contributed by atoms with van der Waals surface area (Å²) in [6.07, 6.45) is 3.32. The highest BCUT2D eigenvalue weighted by Crippen LogP contribution is 2.35. The van der Waals surface area contributed by atoms with Crippen LogP contribution in [0.25, 0.3) is 0 Å². The third kappa shape index (κ3) is 2.32. The first-order valence-electron chi connectivity index (χ1n) is 5.65. The molecular formula is C14H17NO. The monoisotopic (exact) mass is 215 g/mol. The fraction of sp³-hybridized carbons (Fsp3) is 0.357. The molecule has 1 N–H and O–H groups in total. The predicted octanol–water partition coefficient (Wildman–Crippen LogP) is 3.37. The van der Waals surface area contributed by atoms with Gasteiger partial charge in [-0.2, -0.15) is 0 Å². The molecule has 1 aromatic carbocycles. The minimum atomic E-state index is 0.0593. The third-order valence-corrected chi connectivity index (χ3v) is 3.08. The van der Waals surface area contributed by atoms with Gasteiger partial charge in [-0.05, 0) is 18.6 Å². The second-order valence-corrected chi connectivity index (χ2v) is 4.90. The molecule has 2 rings (SSSR count). The fourth-order valence-corrected chi connectivity index (χ4v) is 1.88. The Morgan fingerprint density at radius 1 is 1.19 bits per heavy atom. The maximum atomic E-state index is 11.4. The van der Waals surface area contributed by atoms with E-state index in [1.807, 2.05) is 30.3 Å². The van der Waals surface area contributed by atoms with Crippen LogP contribution in [0.2, 0.25) is 0 Å². The molecule has 16 heavy (non-hydrogen) atoms. The number of carbonyl (C=O) groups is 1. The Hall–Kier alpha value is -1.57. The number of allylic oxidation sites excluding steroid dienone is 2. The number of para-hydroxylation sites is 1. The van der Waals surface area contributed by atoms with Crippen LogP contribution in [0.5, 0.6) is 0 Å². The van der Waals surface area contributed by atoms with Gasteiger partial charge in [0, 0.05) is 29.3 Å². The summed E-state index contributed by atoms with van der Waals surface area (Å²) in [5.74, 6) is 0.220. The number of nitrogens with one attached hydrogen (secondary N) is 1. The lowest BCUT2D eigenvalue weighted by molar-refractivity contribution is -0.115. The van der Waals surface area contributed by atoms with Crippen LogP contribution in [0.3, 0.4) is 0 Å². The molecule has 0 saturated heterocycles. The molecule has 2 nitrogen and oxygen atoms in total. The smallest absolute Gasteiger partial charge is 0.157 e. The Labute approximate surface area is 96.4 Å². The van der Waals surface area contributed by atoms with Crippen molar-refractivity contribution in [3.63, 3.8) is 0 Å². The SMILES string of the molecule is CC1(C)CCC(=O)C=C1Nc1ccccc1. The van der Waals surface area contributed by atoms with Gasteiger partial charge in [-0.25, -0.2) is 0 Å². The summed E-state index contributed by atoms with van der Waals surface area (Å²) in [5, 5.41) is 3.34. The van der Waals surface area contributed by atoms with Crippen LogP contribution in [-0.2, 0) is 4.79 Å². The van der Waals surface area contributed by atoms with E-state index in [9.17, 15) is 4.79 Å². The van der Waals surface area contributed by atoms with Gasteiger partial charge in [0.25, 0.3) is 0 Å². The molecule has 1 aromatic rings. The molecule has 0 bridgehead atoms. The fourth-order valence-electron chi connectivity index (χ4n) is 1.88. The highest BCUT2D eigenvalue weighted by molar-refractivity contribution is 5.92. The Bertz CT molecular complexity index is 418. The summed E-state index contributed by atoms with van der Waals surface area (Å²) in [7, 11) is 0. The number of ketones is 1. The molecule has 0 unspecified atom stereocenters. The predicted molar refractivity (Wildman–Crippen MR) is 66.2 cm³/mol. The molecule has 0 amide bonds. The second-order valence-electron chi connectivity index (χ2n) is 4.90. The number of anilines is 1. The Balaban J connectivity index is 2.23. The zero-order valence-electron chi connectivity index (χ0n) is 9.79. The highest BCUT2D eigenvalue weighted by Gasteiger charge is 2.28. The summed E-state index contributed by atoms with van der Waals surface area (Å²) in [4.78, 5) is 11.4. The molecule has 2 heteroatoms. The first kappa shape index (κ1) is 10.9. The Morgan fingerprint density at radius 2 is 1.88 bits per heavy atom. The number of rotatable bonds is 2. The van der Waals surface area contributed by atoms with E-state index in [2.05, 4.69) is 19.2 Å². The van der Waals surface area contributed by atoms with Gasteiger partial charge in [0.2, 0.25) is 0 Å². The molecule has 0 atom stereocenters. The van der Waals surface area contributed by atoms with E-state index in [4.69, 9.17) is 0 Å². The topological polar surface area (TPSA) is 29.1 Å². The van der Waals surface area contributed by atoms with Crippen molar-refractivity contribution in [3.05, 3.63) is 42.1 Å². The van der Waals surface area contributed by atoms with Crippen molar-refractivity contribution >= 4 is 11.5 Å². The molecule has 0 aromatic heterocycles. The molecule has 0 saturated carbocycles. The number of benzene rings is 1. The van der Waals surface area contributed by atoms with Crippen molar-refractivity contribution in [1.29, 1.82) is 0 Å². The number of hydrogen-bond acceptors (Lipinski definition) is 2. The molecular weight excluding hydrogens is 198 g/mol. The molecule has 0 fully saturated rings. The third-order valence-electron chi connectivity index (χ3n) is 3.08. The van der Waals surface area contributed by atoms with Crippen molar-refractivity contribution in [2.24, 2.45) is 5.41 Å². The highest BCUT2D eigenvalue weighted by atomic mass is 16.1. The lowest BCUT2D eigenvalue weighted by atomic mass is 9.79. The van der Waals surface area contributed by atoms with Gasteiger partial charge in [-0.1, -0.05) is 32.0 Å². The van der Waals surface area contributed by atoms with Gasteiger partial charge in [-0.3, -0.25) is 4.79 Å². The normalized spacial score (nSPS) is 19.1. The van der Waals surface area contributed by atoms with Crippen LogP contribution >= 0.6 is 0 Å². The zero-order valence-corrected chi connectivity index (χ0v) is 9.79. The van der Waals surface area contributed by atoms with E-state index in [1.165, 1.54) is 0 Å².